The first kappa shape index (κ1) is 19.8. The van der Waals surface area contributed by atoms with Crippen molar-refractivity contribution < 1.29 is 19.4 Å². The summed E-state index contributed by atoms with van der Waals surface area (Å²) in [5.74, 6) is -1.57. The summed E-state index contributed by atoms with van der Waals surface area (Å²) < 4.78 is 5.14. The Bertz CT molecular complexity index is 436. The van der Waals surface area contributed by atoms with E-state index < -0.39 is 24.0 Å². The number of carbonyl (C=O) groups is 2. The predicted molar refractivity (Wildman–Crippen MR) is 91.0 cm³/mol. The van der Waals surface area contributed by atoms with E-state index in [0.29, 0.717) is 6.54 Å². The monoisotopic (exact) mass is 345 g/mol. The average Bonchev–Trinajstić information content (AvgIpc) is 2.51. The van der Waals surface area contributed by atoms with E-state index in [1.54, 1.807) is 6.92 Å². The molecule has 0 unspecified atom stereocenters. The zero-order valence-electron chi connectivity index (χ0n) is 13.5. The molecule has 132 valence electrons. The van der Waals surface area contributed by atoms with Gasteiger partial charge in [-0.05, 0) is 31.7 Å². The summed E-state index contributed by atoms with van der Waals surface area (Å²) in [6, 6.07) is -1.57. The molecule has 2 atom stereocenters. The van der Waals surface area contributed by atoms with Gasteiger partial charge in [-0.15, -0.1) is 0 Å². The van der Waals surface area contributed by atoms with E-state index in [2.05, 4.69) is 5.32 Å². The molecular weight excluding hydrogens is 318 g/mol. The normalized spacial score (nSPS) is 19.4. The second-order valence-corrected chi connectivity index (χ2v) is 6.75. The maximum atomic E-state index is 12.1. The Balaban J connectivity index is 2.51. The number of thiocarbonyl (C=S) groups is 1. The fraction of sp³-hybridized carbons (Fsp3) is 0.800. The third-order valence-electron chi connectivity index (χ3n) is 4.31. The van der Waals surface area contributed by atoms with Gasteiger partial charge in [0.1, 0.15) is 6.61 Å². The molecule has 1 aliphatic carbocycles. The lowest BCUT2D eigenvalue weighted by Gasteiger charge is -2.35. The Morgan fingerprint density at radius 3 is 2.43 bits per heavy atom. The second kappa shape index (κ2) is 9.14. The van der Waals surface area contributed by atoms with Gasteiger partial charge in [0.25, 0.3) is 0 Å². The molecule has 0 aliphatic heterocycles. The number of ether oxygens (including phenoxy) is 1. The van der Waals surface area contributed by atoms with Crippen molar-refractivity contribution in [3.63, 3.8) is 0 Å². The number of hydrogen-bond donors (Lipinski definition) is 4. The number of carbonyl (C=O) groups excluding carboxylic acids is 1. The van der Waals surface area contributed by atoms with Crippen molar-refractivity contribution in [2.45, 2.75) is 57.5 Å². The topological polar surface area (TPSA) is 128 Å². The van der Waals surface area contributed by atoms with Crippen molar-refractivity contribution in [1.29, 1.82) is 0 Å². The Labute approximate surface area is 142 Å². The quantitative estimate of drug-likeness (QED) is 0.371. The average molecular weight is 345 g/mol. The van der Waals surface area contributed by atoms with Crippen LogP contribution < -0.4 is 16.8 Å². The van der Waals surface area contributed by atoms with Crippen molar-refractivity contribution in [1.82, 2.24) is 5.32 Å². The molecule has 1 saturated carbocycles. The summed E-state index contributed by atoms with van der Waals surface area (Å²) in [6.45, 7) is 1.80. The van der Waals surface area contributed by atoms with Gasteiger partial charge in [0.2, 0.25) is 0 Å². The van der Waals surface area contributed by atoms with Crippen molar-refractivity contribution >= 4 is 29.1 Å². The van der Waals surface area contributed by atoms with E-state index in [1.165, 1.54) is 0 Å². The Morgan fingerprint density at radius 1 is 1.35 bits per heavy atom. The molecule has 0 spiro atoms. The van der Waals surface area contributed by atoms with E-state index in [4.69, 9.17) is 33.5 Å². The molecule has 1 aliphatic rings. The molecule has 0 aromatic carbocycles. The van der Waals surface area contributed by atoms with Crippen molar-refractivity contribution in [3.05, 3.63) is 0 Å². The van der Waals surface area contributed by atoms with Gasteiger partial charge in [-0.2, -0.15) is 0 Å². The van der Waals surface area contributed by atoms with Crippen LogP contribution in [-0.4, -0.2) is 47.3 Å². The van der Waals surface area contributed by atoms with Gasteiger partial charge in [0, 0.05) is 0 Å². The molecule has 0 radical (unpaired) electrons. The van der Waals surface area contributed by atoms with Crippen LogP contribution in [0.1, 0.15) is 45.4 Å². The summed E-state index contributed by atoms with van der Waals surface area (Å²) in [4.78, 5) is 23.5. The minimum absolute atomic E-state index is 0.206. The first-order valence-electron chi connectivity index (χ1n) is 7.94. The SMILES string of the molecule is C[C@H](N)C(=S)N[C@@H](COC(=O)CC1(CN)CCCCC1)C(=O)O. The first-order valence-corrected chi connectivity index (χ1v) is 8.35. The molecule has 8 heteroatoms. The largest absolute Gasteiger partial charge is 0.480 e. The van der Waals surface area contributed by atoms with Crippen LogP contribution in [0.25, 0.3) is 0 Å². The Kier molecular flexibility index (Phi) is 7.87. The number of hydrogen-bond acceptors (Lipinski definition) is 6. The van der Waals surface area contributed by atoms with Crippen LogP contribution in [0.4, 0.5) is 0 Å². The maximum absolute atomic E-state index is 12.1. The lowest BCUT2D eigenvalue weighted by atomic mass is 9.72. The van der Waals surface area contributed by atoms with Crippen LogP contribution in [0.15, 0.2) is 0 Å². The molecule has 0 bridgehead atoms. The molecule has 1 rings (SSSR count). The molecule has 0 aromatic rings. The standard InChI is InChI=1S/C15H27N3O4S/c1-10(17)13(23)18-11(14(20)21)8-22-12(19)7-15(9-16)5-3-2-4-6-15/h10-11H,2-9,16-17H2,1H3,(H,18,23)(H,20,21)/t10-,11-/m0/s1. The zero-order valence-corrected chi connectivity index (χ0v) is 14.4. The Hall–Kier alpha value is -1.25. The van der Waals surface area contributed by atoms with E-state index >= 15 is 0 Å². The van der Waals surface area contributed by atoms with Crippen molar-refractivity contribution in [2.24, 2.45) is 16.9 Å². The number of rotatable bonds is 8. The van der Waals surface area contributed by atoms with E-state index in [0.717, 1.165) is 32.1 Å². The fourth-order valence-electron chi connectivity index (χ4n) is 2.77. The molecule has 0 amide bonds. The summed E-state index contributed by atoms with van der Waals surface area (Å²) >= 11 is 4.96. The molecule has 6 N–H and O–H groups in total. The van der Waals surface area contributed by atoms with Gasteiger partial charge in [-0.3, -0.25) is 4.79 Å². The predicted octanol–water partition coefficient (Wildman–Crippen LogP) is 0.546. The maximum Gasteiger partial charge on any atom is 0.329 e. The van der Waals surface area contributed by atoms with Gasteiger partial charge >= 0.3 is 11.9 Å². The minimum Gasteiger partial charge on any atom is -0.480 e. The highest BCUT2D eigenvalue weighted by molar-refractivity contribution is 7.80. The number of nitrogens with two attached hydrogens (primary N) is 2. The lowest BCUT2D eigenvalue weighted by molar-refractivity contribution is -0.150. The van der Waals surface area contributed by atoms with Crippen LogP contribution in [0, 0.1) is 5.41 Å². The molecule has 0 saturated heterocycles. The second-order valence-electron chi connectivity index (χ2n) is 6.31. The van der Waals surface area contributed by atoms with Crippen LogP contribution in [0.5, 0.6) is 0 Å². The molecule has 23 heavy (non-hydrogen) atoms. The molecule has 7 nitrogen and oxygen atoms in total. The number of carboxylic acid groups (broad SMARTS) is 1. The van der Waals surface area contributed by atoms with Crippen LogP contribution >= 0.6 is 12.2 Å². The van der Waals surface area contributed by atoms with E-state index in [9.17, 15) is 9.59 Å². The van der Waals surface area contributed by atoms with E-state index in [1.807, 2.05) is 0 Å². The zero-order chi connectivity index (χ0) is 17.5. The van der Waals surface area contributed by atoms with Gasteiger partial charge in [0.15, 0.2) is 6.04 Å². The molecule has 1 fully saturated rings. The van der Waals surface area contributed by atoms with Crippen molar-refractivity contribution in [3.8, 4) is 0 Å². The highest BCUT2D eigenvalue weighted by Gasteiger charge is 2.34. The minimum atomic E-state index is -1.15. The fourth-order valence-corrected chi connectivity index (χ4v) is 2.91. The Morgan fingerprint density at radius 2 is 1.96 bits per heavy atom. The molecule has 0 aromatic heterocycles. The van der Waals surface area contributed by atoms with Gasteiger partial charge in [-0.1, -0.05) is 31.5 Å². The third kappa shape index (κ3) is 6.40. The van der Waals surface area contributed by atoms with Crippen molar-refractivity contribution in [2.75, 3.05) is 13.2 Å². The lowest BCUT2D eigenvalue weighted by Crippen LogP contribution is -2.49. The number of esters is 1. The number of carboxylic acids is 1. The van der Waals surface area contributed by atoms with Crippen LogP contribution in [0.2, 0.25) is 0 Å². The highest BCUT2D eigenvalue weighted by Crippen LogP contribution is 2.38. The smallest absolute Gasteiger partial charge is 0.329 e. The summed E-state index contributed by atoms with van der Waals surface area (Å²) in [6.07, 6.45) is 5.34. The number of aliphatic carboxylic acids is 1. The van der Waals surface area contributed by atoms with Crippen LogP contribution in [-0.2, 0) is 14.3 Å². The third-order valence-corrected chi connectivity index (χ3v) is 4.80. The number of nitrogens with one attached hydrogen (secondary N) is 1. The van der Waals surface area contributed by atoms with Gasteiger partial charge < -0.3 is 26.6 Å². The van der Waals surface area contributed by atoms with Crippen LogP contribution in [0.3, 0.4) is 0 Å². The highest BCUT2D eigenvalue weighted by atomic mass is 32.1. The molecule has 0 heterocycles. The summed E-state index contributed by atoms with van der Waals surface area (Å²) in [5.41, 5.74) is 11.2. The first-order chi connectivity index (χ1) is 10.8. The van der Waals surface area contributed by atoms with Gasteiger partial charge in [-0.25, -0.2) is 4.79 Å². The van der Waals surface area contributed by atoms with Gasteiger partial charge in [0.05, 0.1) is 17.5 Å². The van der Waals surface area contributed by atoms with E-state index in [-0.39, 0.29) is 23.4 Å². The summed E-state index contributed by atoms with van der Waals surface area (Å²) in [7, 11) is 0. The molecular formula is C15H27N3O4S. The summed E-state index contributed by atoms with van der Waals surface area (Å²) in [5, 5.41) is 11.8.